The van der Waals surface area contributed by atoms with Gasteiger partial charge in [0.1, 0.15) is 11.5 Å². The summed E-state index contributed by atoms with van der Waals surface area (Å²) in [5.74, 6) is 0.786. The van der Waals surface area contributed by atoms with E-state index < -0.39 is 15.6 Å². The van der Waals surface area contributed by atoms with Crippen molar-refractivity contribution in [3.63, 3.8) is 0 Å². The Morgan fingerprint density at radius 1 is 1.14 bits per heavy atom. The van der Waals surface area contributed by atoms with Crippen LogP contribution < -0.4 is 9.64 Å². The average Bonchev–Trinajstić information content (AvgIpc) is 3.26. The standard InChI is InChI=1S/C40H52ClN3O6S/c1-2-33(45)26-51(47)22-5-3-4-8-37(49-21-18-43-16-19-48-20-17-43)34-12-9-31(34)25-44-27-40(15-6-7-29-23-32(41)11-13-35(29)40)28-50-38-14-10-30(24-36(38)44)39(46)42-51/h4,8,10-11,13-14,23-24,31,34,37H,2-3,5-7,9,12,15-22,25-28H2,1H3/b8-4+/t31-,34+,37-,40-,51+/m0/s1. The number of benzene rings is 2. The van der Waals surface area contributed by atoms with Crippen LogP contribution in [-0.4, -0.2) is 97.6 Å². The molecule has 51 heavy (non-hydrogen) atoms. The van der Waals surface area contributed by atoms with Crippen molar-refractivity contribution in [2.24, 2.45) is 16.2 Å². The second-order valence-electron chi connectivity index (χ2n) is 15.1. The third kappa shape index (κ3) is 8.41. The molecule has 276 valence electrons. The number of allylic oxidation sites excluding steroid dienone is 1. The van der Waals surface area contributed by atoms with Crippen molar-refractivity contribution < 1.29 is 28.0 Å². The molecule has 1 saturated heterocycles. The number of nitrogens with zero attached hydrogens (tertiary/aromatic N) is 3. The first-order valence-electron chi connectivity index (χ1n) is 18.9. The van der Waals surface area contributed by atoms with Crippen molar-refractivity contribution in [2.45, 2.75) is 69.8 Å². The van der Waals surface area contributed by atoms with Gasteiger partial charge in [0.25, 0.3) is 5.91 Å². The van der Waals surface area contributed by atoms with Gasteiger partial charge in [0.15, 0.2) is 0 Å². The Morgan fingerprint density at radius 3 is 2.80 bits per heavy atom. The van der Waals surface area contributed by atoms with Crippen molar-refractivity contribution in [2.75, 3.05) is 75.6 Å². The lowest BCUT2D eigenvalue weighted by atomic mass is 9.68. The zero-order valence-corrected chi connectivity index (χ0v) is 31.4. The number of anilines is 1. The molecule has 5 aliphatic rings. The van der Waals surface area contributed by atoms with Gasteiger partial charge in [-0.3, -0.25) is 14.5 Å². The summed E-state index contributed by atoms with van der Waals surface area (Å²) < 4.78 is 37.4. The van der Waals surface area contributed by atoms with E-state index in [4.69, 9.17) is 25.8 Å². The van der Waals surface area contributed by atoms with Gasteiger partial charge in [0.05, 0.1) is 53.7 Å². The number of ketones is 1. The Labute approximate surface area is 308 Å². The summed E-state index contributed by atoms with van der Waals surface area (Å²) in [6.45, 7) is 8.74. The van der Waals surface area contributed by atoms with E-state index in [1.165, 1.54) is 11.1 Å². The van der Waals surface area contributed by atoms with Crippen LogP contribution in [0.2, 0.25) is 5.02 Å². The predicted octanol–water partition coefficient (Wildman–Crippen LogP) is 6.49. The lowest BCUT2D eigenvalue weighted by Crippen LogP contribution is -2.50. The first-order valence-corrected chi connectivity index (χ1v) is 21.1. The van der Waals surface area contributed by atoms with Crippen LogP contribution in [-0.2, 0) is 35.8 Å². The number of ether oxygens (including phenoxy) is 3. The van der Waals surface area contributed by atoms with Crippen molar-refractivity contribution in [1.82, 2.24) is 4.90 Å². The highest BCUT2D eigenvalue weighted by Crippen LogP contribution is 2.47. The highest BCUT2D eigenvalue weighted by atomic mass is 35.5. The molecule has 2 bridgehead atoms. The summed E-state index contributed by atoms with van der Waals surface area (Å²) in [5, 5.41) is 0.753. The van der Waals surface area contributed by atoms with Gasteiger partial charge in [-0.2, -0.15) is 4.36 Å². The highest BCUT2D eigenvalue weighted by molar-refractivity contribution is 7.94. The number of rotatable bonds is 7. The Bertz CT molecular complexity index is 1750. The van der Waals surface area contributed by atoms with Gasteiger partial charge in [-0.25, -0.2) is 4.21 Å². The van der Waals surface area contributed by atoms with E-state index in [1.807, 2.05) is 18.2 Å². The number of fused-ring (bicyclic) bond motifs is 4. The summed E-state index contributed by atoms with van der Waals surface area (Å²) >= 11 is 6.48. The average molecular weight is 738 g/mol. The van der Waals surface area contributed by atoms with Crippen LogP contribution >= 0.6 is 11.6 Å². The maximum atomic E-state index is 14.1. The fourth-order valence-electron chi connectivity index (χ4n) is 8.61. The molecule has 0 aromatic heterocycles. The van der Waals surface area contributed by atoms with Crippen molar-refractivity contribution in [3.05, 3.63) is 70.3 Å². The Hall–Kier alpha value is -2.76. The number of hydrogen-bond acceptors (Lipinski definition) is 8. The number of hydrogen-bond donors (Lipinski definition) is 0. The van der Waals surface area contributed by atoms with Crippen LogP contribution in [0.15, 0.2) is 52.9 Å². The third-order valence-electron chi connectivity index (χ3n) is 11.6. The number of halogens is 1. The Kier molecular flexibility index (Phi) is 11.5. The van der Waals surface area contributed by atoms with E-state index in [9.17, 15) is 13.8 Å². The van der Waals surface area contributed by atoms with Crippen molar-refractivity contribution in [1.29, 1.82) is 0 Å². The summed E-state index contributed by atoms with van der Waals surface area (Å²) in [4.78, 5) is 31.2. The minimum absolute atomic E-state index is 0.0319. The van der Waals surface area contributed by atoms with Gasteiger partial charge in [-0.1, -0.05) is 36.7 Å². The normalized spacial score (nSPS) is 30.6. The predicted molar refractivity (Wildman–Crippen MR) is 202 cm³/mol. The number of morpholine rings is 1. The molecule has 0 unspecified atom stereocenters. The van der Waals surface area contributed by atoms with Crippen LogP contribution in [0.1, 0.15) is 73.4 Å². The van der Waals surface area contributed by atoms with Gasteiger partial charge >= 0.3 is 0 Å². The lowest BCUT2D eigenvalue weighted by Gasteiger charge is -2.46. The Balaban J connectivity index is 1.24. The van der Waals surface area contributed by atoms with Gasteiger partial charge in [0, 0.05) is 60.9 Å². The molecule has 0 radical (unpaired) electrons. The molecule has 7 rings (SSSR count). The molecule has 1 amide bonds. The second-order valence-corrected chi connectivity index (χ2v) is 17.9. The van der Waals surface area contributed by atoms with Crippen molar-refractivity contribution >= 4 is 38.7 Å². The summed E-state index contributed by atoms with van der Waals surface area (Å²) in [5.41, 5.74) is 3.57. The Morgan fingerprint density at radius 2 is 2.00 bits per heavy atom. The largest absolute Gasteiger partial charge is 0.490 e. The van der Waals surface area contributed by atoms with Gasteiger partial charge in [-0.15, -0.1) is 0 Å². The topological polar surface area (TPSA) is 97.7 Å². The SMILES string of the molecule is CCC(=O)C[S@@]1(=O)=NC(=O)c2ccc3c(c2)N(C[C@@H]2CC[C@H]2[C@@H](OCCN2CCOCC2)/C=C/CCC1)C[C@@]1(CCCc2cc(Cl)ccc21)CO3. The van der Waals surface area contributed by atoms with Gasteiger partial charge in [0.2, 0.25) is 0 Å². The number of amides is 1. The summed E-state index contributed by atoms with van der Waals surface area (Å²) in [7, 11) is -3.09. The monoisotopic (exact) mass is 737 g/mol. The molecule has 1 saturated carbocycles. The minimum atomic E-state index is -3.09. The molecule has 1 spiro atoms. The molecule has 0 N–H and O–H groups in total. The molecule has 2 fully saturated rings. The van der Waals surface area contributed by atoms with E-state index in [2.05, 4.69) is 38.4 Å². The summed E-state index contributed by atoms with van der Waals surface area (Å²) in [6.07, 6.45) is 11.0. The van der Waals surface area contributed by atoms with E-state index in [-0.39, 0.29) is 35.2 Å². The molecule has 2 aromatic rings. The zero-order valence-electron chi connectivity index (χ0n) is 29.9. The smallest absolute Gasteiger partial charge is 0.285 e. The van der Waals surface area contributed by atoms with Crippen LogP contribution in [0, 0.1) is 11.8 Å². The number of aryl methyl sites for hydroxylation is 1. The number of carbonyl (C=O) groups excluding carboxylic acids is 2. The van der Waals surface area contributed by atoms with Crippen LogP contribution in [0.5, 0.6) is 5.75 Å². The fourth-order valence-corrected chi connectivity index (χ4v) is 10.8. The van der Waals surface area contributed by atoms with Crippen LogP contribution in [0.25, 0.3) is 0 Å². The van der Waals surface area contributed by atoms with Crippen LogP contribution in [0.4, 0.5) is 5.69 Å². The molecular formula is C40H52ClN3O6S. The fraction of sp³-hybridized carbons (Fsp3) is 0.600. The first-order chi connectivity index (χ1) is 24.7. The molecule has 2 aromatic carbocycles. The maximum absolute atomic E-state index is 14.1. The number of carbonyl (C=O) groups is 2. The quantitative estimate of drug-likeness (QED) is 0.298. The minimum Gasteiger partial charge on any atom is -0.490 e. The van der Waals surface area contributed by atoms with Gasteiger partial charge in [-0.05, 0) is 98.2 Å². The van der Waals surface area contributed by atoms with Crippen molar-refractivity contribution in [3.8, 4) is 5.75 Å². The van der Waals surface area contributed by atoms with Crippen LogP contribution in [0.3, 0.4) is 0 Å². The van der Waals surface area contributed by atoms with E-state index in [0.717, 1.165) is 94.5 Å². The van der Waals surface area contributed by atoms with Gasteiger partial charge < -0.3 is 19.1 Å². The highest BCUT2D eigenvalue weighted by Gasteiger charge is 2.44. The molecule has 11 heteroatoms. The summed E-state index contributed by atoms with van der Waals surface area (Å²) in [6, 6.07) is 11.8. The molecular weight excluding hydrogens is 686 g/mol. The zero-order chi connectivity index (χ0) is 35.4. The van der Waals surface area contributed by atoms with E-state index in [0.29, 0.717) is 43.5 Å². The number of Topliss-reactive ketones (excluding diaryl/α,β-unsaturated/α-hetero) is 1. The molecule has 3 aliphatic heterocycles. The molecule has 9 nitrogen and oxygen atoms in total. The van der Waals surface area contributed by atoms with E-state index >= 15 is 0 Å². The first kappa shape index (κ1) is 36.6. The molecule has 5 atom stereocenters. The molecule has 3 heterocycles. The van der Waals surface area contributed by atoms with E-state index in [1.54, 1.807) is 13.0 Å². The second kappa shape index (κ2) is 16.1. The maximum Gasteiger partial charge on any atom is 0.285 e. The lowest BCUT2D eigenvalue weighted by molar-refractivity contribution is -0.116. The molecule has 2 aliphatic carbocycles. The third-order valence-corrected chi connectivity index (χ3v) is 14.1.